The highest BCUT2D eigenvalue weighted by Gasteiger charge is 2.26. The molecule has 0 saturated heterocycles. The first kappa shape index (κ1) is 86.8. The molecule has 0 amide bonds. The van der Waals surface area contributed by atoms with Crippen molar-refractivity contribution in [2.75, 3.05) is 26.4 Å². The van der Waals surface area contributed by atoms with Crippen molar-refractivity contribution in [3.63, 3.8) is 0 Å². The largest absolute Gasteiger partial charge is 0.472 e. The number of carbonyl (C=O) groups is 2. The average Bonchev–Trinajstić information content (AvgIpc) is 3.60. The van der Waals surface area contributed by atoms with E-state index >= 15 is 0 Å². The molecule has 524 valence electrons. The van der Waals surface area contributed by atoms with Gasteiger partial charge in [-0.2, -0.15) is 0 Å². The Morgan fingerprint density at radius 2 is 0.557 bits per heavy atom. The van der Waals surface area contributed by atoms with Gasteiger partial charge < -0.3 is 20.1 Å². The Hall–Kier alpha value is -1.25. The first-order valence-corrected chi connectivity index (χ1v) is 41.2. The minimum absolute atomic E-state index is 0.0582. The fourth-order valence-corrected chi connectivity index (χ4v) is 13.3. The van der Waals surface area contributed by atoms with Gasteiger partial charge in [0.25, 0.3) is 0 Å². The summed E-state index contributed by atoms with van der Waals surface area (Å²) in [4.78, 5) is 35.4. The van der Waals surface area contributed by atoms with Gasteiger partial charge >= 0.3 is 19.8 Å². The lowest BCUT2D eigenvalue weighted by molar-refractivity contribution is -0.161. The Kier molecular flexibility index (Phi) is 73.7. The van der Waals surface area contributed by atoms with Crippen molar-refractivity contribution in [1.29, 1.82) is 0 Å². The van der Waals surface area contributed by atoms with E-state index in [2.05, 4.69) is 26.0 Å². The maximum absolute atomic E-state index is 12.8. The summed E-state index contributed by atoms with van der Waals surface area (Å²) in [5.41, 5.74) is 5.41. The number of hydrogen-bond donors (Lipinski definition) is 2. The highest BCUT2D eigenvalue weighted by atomic mass is 31.2. The number of allylic oxidation sites excluding steroid dienone is 2. The molecule has 0 aromatic rings. The zero-order valence-corrected chi connectivity index (χ0v) is 60.2. The summed E-state index contributed by atoms with van der Waals surface area (Å²) in [6.07, 6.45) is 92.2. The van der Waals surface area contributed by atoms with Gasteiger partial charge in [0, 0.05) is 19.4 Å². The summed E-state index contributed by atoms with van der Waals surface area (Å²) in [6, 6.07) is 0. The first-order chi connectivity index (χ1) is 43.3. The van der Waals surface area contributed by atoms with Gasteiger partial charge in [0.2, 0.25) is 0 Å². The van der Waals surface area contributed by atoms with Gasteiger partial charge in [-0.25, -0.2) is 4.57 Å². The molecule has 0 saturated carbocycles. The molecule has 0 heterocycles. The first-order valence-electron chi connectivity index (χ1n) is 39.7. The third-order valence-corrected chi connectivity index (χ3v) is 19.4. The molecular formula is C78H154NO8P. The van der Waals surface area contributed by atoms with Crippen LogP contribution in [0.15, 0.2) is 12.2 Å². The second kappa shape index (κ2) is 74.8. The normalized spacial score (nSPS) is 12.8. The van der Waals surface area contributed by atoms with Gasteiger partial charge in [0.05, 0.1) is 13.2 Å². The molecule has 9 nitrogen and oxygen atoms in total. The van der Waals surface area contributed by atoms with Crippen molar-refractivity contribution in [2.24, 2.45) is 5.73 Å². The number of phosphoric acid groups is 1. The maximum Gasteiger partial charge on any atom is 0.472 e. The molecule has 2 unspecified atom stereocenters. The lowest BCUT2D eigenvalue weighted by Crippen LogP contribution is -2.29. The van der Waals surface area contributed by atoms with E-state index in [0.717, 1.165) is 32.1 Å². The second-order valence-corrected chi connectivity index (χ2v) is 28.8. The van der Waals surface area contributed by atoms with Crippen LogP contribution in [0.4, 0.5) is 0 Å². The lowest BCUT2D eigenvalue weighted by Gasteiger charge is -2.19. The van der Waals surface area contributed by atoms with Crippen molar-refractivity contribution < 1.29 is 37.6 Å². The lowest BCUT2D eigenvalue weighted by atomic mass is 10.0. The highest BCUT2D eigenvalue weighted by Crippen LogP contribution is 2.43. The molecule has 0 radical (unpaired) electrons. The van der Waals surface area contributed by atoms with Crippen LogP contribution in [0.5, 0.6) is 0 Å². The fourth-order valence-electron chi connectivity index (χ4n) is 12.5. The van der Waals surface area contributed by atoms with Crippen LogP contribution < -0.4 is 5.73 Å². The van der Waals surface area contributed by atoms with Crippen LogP contribution in [0.1, 0.15) is 444 Å². The molecule has 2 atom stereocenters. The minimum Gasteiger partial charge on any atom is -0.462 e. The molecule has 0 aromatic carbocycles. The van der Waals surface area contributed by atoms with Crippen molar-refractivity contribution in [2.45, 2.75) is 450 Å². The predicted octanol–water partition coefficient (Wildman–Crippen LogP) is 26.3. The number of unbranched alkanes of at least 4 members (excludes halogenated alkanes) is 62. The third kappa shape index (κ3) is 73.8. The molecule has 88 heavy (non-hydrogen) atoms. The number of phosphoric ester groups is 1. The second-order valence-electron chi connectivity index (χ2n) is 27.3. The van der Waals surface area contributed by atoms with E-state index in [1.807, 2.05) is 0 Å². The fraction of sp³-hybridized carbons (Fsp3) is 0.949. The Bertz CT molecular complexity index is 1450. The van der Waals surface area contributed by atoms with Crippen LogP contribution in [0.2, 0.25) is 0 Å². The standard InChI is InChI=1S/C78H154NO8P/c1-3-5-7-9-11-13-15-17-19-21-23-25-27-29-31-33-35-36-37-38-39-40-41-43-45-47-49-51-53-55-57-59-61-63-65-67-69-71-78(81)87-76(75-86-88(82,83)85-73-72-79)74-84-77(80)70-68-66-64-62-60-58-56-54-52-50-48-46-44-42-34-32-30-28-26-24-22-20-18-16-14-12-10-8-6-4-2/h21,23,76H,3-20,22,24-75,79H2,1-2H3,(H,82,83)/b23-21-. The van der Waals surface area contributed by atoms with Gasteiger partial charge in [-0.05, 0) is 38.5 Å². The van der Waals surface area contributed by atoms with Gasteiger partial charge in [0.1, 0.15) is 6.61 Å². The molecule has 0 aromatic heterocycles. The van der Waals surface area contributed by atoms with Crippen molar-refractivity contribution in [3.8, 4) is 0 Å². The molecule has 0 spiro atoms. The Labute approximate surface area is 549 Å². The topological polar surface area (TPSA) is 134 Å². The van der Waals surface area contributed by atoms with Crippen LogP contribution in [0, 0.1) is 0 Å². The van der Waals surface area contributed by atoms with Crippen molar-refractivity contribution in [1.82, 2.24) is 0 Å². The molecule has 0 rings (SSSR count). The van der Waals surface area contributed by atoms with Crippen molar-refractivity contribution in [3.05, 3.63) is 12.2 Å². The summed E-state index contributed by atoms with van der Waals surface area (Å²) in [7, 11) is -4.39. The quantitative estimate of drug-likeness (QED) is 0.0264. The van der Waals surface area contributed by atoms with Crippen LogP contribution in [0.3, 0.4) is 0 Å². The Balaban J connectivity index is 3.73. The highest BCUT2D eigenvalue weighted by molar-refractivity contribution is 7.47. The van der Waals surface area contributed by atoms with E-state index in [4.69, 9.17) is 24.3 Å². The van der Waals surface area contributed by atoms with E-state index in [1.54, 1.807) is 0 Å². The Morgan fingerprint density at radius 3 is 0.807 bits per heavy atom. The molecule has 0 aliphatic heterocycles. The summed E-state index contributed by atoms with van der Waals surface area (Å²) in [6.45, 7) is 3.85. The average molecular weight is 1270 g/mol. The molecular weight excluding hydrogens is 1110 g/mol. The monoisotopic (exact) mass is 1260 g/mol. The summed E-state index contributed by atoms with van der Waals surface area (Å²) < 4.78 is 33.3. The van der Waals surface area contributed by atoms with Crippen molar-refractivity contribution >= 4 is 19.8 Å². The molecule has 0 fully saturated rings. The summed E-state index contributed by atoms with van der Waals surface area (Å²) in [5.74, 6) is -0.796. The number of rotatable bonds is 77. The van der Waals surface area contributed by atoms with Gasteiger partial charge in [-0.3, -0.25) is 18.6 Å². The van der Waals surface area contributed by atoms with Gasteiger partial charge in [-0.1, -0.05) is 405 Å². The van der Waals surface area contributed by atoms with Gasteiger partial charge in [-0.15, -0.1) is 0 Å². The Morgan fingerprint density at radius 1 is 0.330 bits per heavy atom. The number of hydrogen-bond acceptors (Lipinski definition) is 8. The number of esters is 2. The van der Waals surface area contributed by atoms with E-state index < -0.39 is 26.5 Å². The van der Waals surface area contributed by atoms with Crippen LogP contribution in [-0.2, 0) is 32.7 Å². The number of carbonyl (C=O) groups excluding carboxylic acids is 2. The minimum atomic E-state index is -4.39. The SMILES string of the molecule is CCCCCCCCCC/C=C\CCCCCCCCCCCCCCCCCCCCCCCCCCCC(=O)OC(COC(=O)CCCCCCCCCCCCCCCCCCCCCCCCCCCCCCCC)COP(=O)(O)OCCN. The molecule has 3 N–H and O–H groups in total. The predicted molar refractivity (Wildman–Crippen MR) is 381 cm³/mol. The molecule has 10 heteroatoms. The van der Waals surface area contributed by atoms with Crippen LogP contribution in [0.25, 0.3) is 0 Å². The van der Waals surface area contributed by atoms with E-state index in [1.165, 1.54) is 379 Å². The zero-order chi connectivity index (χ0) is 63.7. The van der Waals surface area contributed by atoms with Gasteiger partial charge in [0.15, 0.2) is 6.10 Å². The zero-order valence-electron chi connectivity index (χ0n) is 59.3. The summed E-state index contributed by atoms with van der Waals surface area (Å²) >= 11 is 0. The van der Waals surface area contributed by atoms with E-state index in [0.29, 0.717) is 6.42 Å². The molecule has 0 aliphatic carbocycles. The smallest absolute Gasteiger partial charge is 0.462 e. The van der Waals surface area contributed by atoms with Crippen LogP contribution in [-0.4, -0.2) is 49.3 Å². The number of ether oxygens (including phenoxy) is 2. The molecule has 0 bridgehead atoms. The summed E-state index contributed by atoms with van der Waals surface area (Å²) in [5, 5.41) is 0. The van der Waals surface area contributed by atoms with E-state index in [9.17, 15) is 19.0 Å². The van der Waals surface area contributed by atoms with Crippen LogP contribution >= 0.6 is 7.82 Å². The molecule has 0 aliphatic rings. The maximum atomic E-state index is 12.8. The van der Waals surface area contributed by atoms with E-state index in [-0.39, 0.29) is 38.6 Å². The number of nitrogens with two attached hydrogens (primary N) is 1. The third-order valence-electron chi connectivity index (χ3n) is 18.4.